The summed E-state index contributed by atoms with van der Waals surface area (Å²) in [5.41, 5.74) is 1.87. The van der Waals surface area contributed by atoms with E-state index in [0.717, 1.165) is 46.4 Å². The highest BCUT2D eigenvalue weighted by Gasteiger charge is 2.40. The molecule has 2 aromatic carbocycles. The maximum absolute atomic E-state index is 12.7. The lowest BCUT2D eigenvalue weighted by Crippen LogP contribution is -2.54. The Morgan fingerprint density at radius 2 is 1.78 bits per heavy atom. The molecule has 0 bridgehead atoms. The molecule has 0 saturated heterocycles. The average molecular weight is 431 g/mol. The Morgan fingerprint density at radius 1 is 1.07 bits per heavy atom. The zero-order valence-corrected chi connectivity index (χ0v) is 16.8. The molecule has 1 aliphatic carbocycles. The molecule has 142 valence electrons. The van der Waals surface area contributed by atoms with E-state index in [-0.39, 0.29) is 17.6 Å². The number of fused-ring (bicyclic) bond motifs is 1. The molecule has 1 aliphatic heterocycles. The Hall–Kier alpha value is -2.21. The minimum Gasteiger partial charge on any atom is -0.486 e. The molecule has 5 nitrogen and oxygen atoms in total. The van der Waals surface area contributed by atoms with Crippen molar-refractivity contribution in [3.8, 4) is 11.5 Å². The third kappa shape index (κ3) is 3.76. The van der Waals surface area contributed by atoms with Crippen molar-refractivity contribution in [3.05, 3.63) is 58.1 Å². The summed E-state index contributed by atoms with van der Waals surface area (Å²) in [5.74, 6) is 1.49. The predicted octanol–water partition coefficient (Wildman–Crippen LogP) is 4.66. The number of halogens is 1. The number of amides is 2. The first-order valence-electron chi connectivity index (χ1n) is 9.30. The number of ether oxygens (including phenoxy) is 2. The van der Waals surface area contributed by atoms with Gasteiger partial charge in [0.15, 0.2) is 11.5 Å². The number of hydrogen-bond acceptors (Lipinski definition) is 3. The average Bonchev–Trinajstić information content (AvgIpc) is 2.65. The molecule has 0 radical (unpaired) electrons. The molecule has 27 heavy (non-hydrogen) atoms. The van der Waals surface area contributed by atoms with Crippen molar-refractivity contribution in [2.24, 2.45) is 0 Å². The van der Waals surface area contributed by atoms with Gasteiger partial charge in [-0.3, -0.25) is 0 Å². The summed E-state index contributed by atoms with van der Waals surface area (Å²) in [6.07, 6.45) is 3.04. The molecular formula is C21H23BrN2O3. The van der Waals surface area contributed by atoms with E-state index in [1.165, 1.54) is 0 Å². The van der Waals surface area contributed by atoms with Crippen molar-refractivity contribution >= 4 is 22.0 Å². The van der Waals surface area contributed by atoms with E-state index in [0.29, 0.717) is 13.2 Å². The van der Waals surface area contributed by atoms with Gasteiger partial charge in [-0.15, -0.1) is 0 Å². The SMILES string of the molecule is C[C@@H](NC(=O)NC1(c2ccc(Br)cc2)CCC1)c1ccc2c(c1)OCCO2. The van der Waals surface area contributed by atoms with Crippen LogP contribution in [0.15, 0.2) is 46.9 Å². The van der Waals surface area contributed by atoms with E-state index in [4.69, 9.17) is 9.47 Å². The van der Waals surface area contributed by atoms with E-state index in [1.807, 2.05) is 37.3 Å². The molecule has 2 aromatic rings. The number of carbonyl (C=O) groups excluding carboxylic acids is 1. The van der Waals surface area contributed by atoms with Crippen molar-refractivity contribution in [1.29, 1.82) is 0 Å². The van der Waals surface area contributed by atoms with Crippen LogP contribution in [0.5, 0.6) is 11.5 Å². The van der Waals surface area contributed by atoms with Crippen LogP contribution in [0.3, 0.4) is 0 Å². The highest BCUT2D eigenvalue weighted by atomic mass is 79.9. The topological polar surface area (TPSA) is 59.6 Å². The molecule has 0 unspecified atom stereocenters. The molecule has 2 amide bonds. The first-order valence-corrected chi connectivity index (χ1v) is 10.1. The lowest BCUT2D eigenvalue weighted by molar-refractivity contribution is 0.171. The zero-order valence-electron chi connectivity index (χ0n) is 15.3. The van der Waals surface area contributed by atoms with Crippen molar-refractivity contribution in [2.45, 2.75) is 37.8 Å². The molecule has 2 N–H and O–H groups in total. The van der Waals surface area contributed by atoms with E-state index < -0.39 is 0 Å². The van der Waals surface area contributed by atoms with Gasteiger partial charge in [-0.1, -0.05) is 34.1 Å². The van der Waals surface area contributed by atoms with Gasteiger partial charge in [-0.25, -0.2) is 4.79 Å². The van der Waals surface area contributed by atoms with Crippen LogP contribution in [0.2, 0.25) is 0 Å². The minimum atomic E-state index is -0.267. The van der Waals surface area contributed by atoms with Gasteiger partial charge in [0.2, 0.25) is 0 Å². The number of benzene rings is 2. The van der Waals surface area contributed by atoms with Gasteiger partial charge in [0, 0.05) is 4.47 Å². The first kappa shape index (κ1) is 18.2. The summed E-state index contributed by atoms with van der Waals surface area (Å²) in [6, 6.07) is 13.7. The van der Waals surface area contributed by atoms with Gasteiger partial charge in [0.05, 0.1) is 11.6 Å². The van der Waals surface area contributed by atoms with Gasteiger partial charge in [-0.05, 0) is 61.6 Å². The van der Waals surface area contributed by atoms with Gasteiger partial charge >= 0.3 is 6.03 Å². The Morgan fingerprint density at radius 3 is 2.44 bits per heavy atom. The van der Waals surface area contributed by atoms with Crippen LogP contribution in [0.4, 0.5) is 4.79 Å². The van der Waals surface area contributed by atoms with Crippen molar-refractivity contribution in [1.82, 2.24) is 10.6 Å². The fourth-order valence-corrected chi connectivity index (χ4v) is 3.91. The number of hydrogen-bond donors (Lipinski definition) is 2. The minimum absolute atomic E-state index is 0.136. The number of nitrogens with one attached hydrogen (secondary N) is 2. The number of urea groups is 1. The highest BCUT2D eigenvalue weighted by Crippen LogP contribution is 2.41. The quantitative estimate of drug-likeness (QED) is 0.741. The Bertz CT molecular complexity index is 834. The van der Waals surface area contributed by atoms with Gasteiger partial charge in [0.1, 0.15) is 13.2 Å². The van der Waals surface area contributed by atoms with Crippen LogP contribution in [-0.2, 0) is 5.54 Å². The maximum Gasteiger partial charge on any atom is 0.315 e. The van der Waals surface area contributed by atoms with E-state index >= 15 is 0 Å². The normalized spacial score (nSPS) is 18.1. The summed E-state index contributed by atoms with van der Waals surface area (Å²) in [7, 11) is 0. The molecule has 6 heteroatoms. The summed E-state index contributed by atoms with van der Waals surface area (Å²) in [4.78, 5) is 12.7. The fraction of sp³-hybridized carbons (Fsp3) is 0.381. The Balaban J connectivity index is 1.43. The smallest absolute Gasteiger partial charge is 0.315 e. The molecule has 2 aliphatic rings. The lowest BCUT2D eigenvalue weighted by atomic mass is 9.72. The van der Waals surface area contributed by atoms with Crippen molar-refractivity contribution < 1.29 is 14.3 Å². The third-order valence-corrected chi connectivity index (χ3v) is 5.90. The first-order chi connectivity index (χ1) is 13.1. The van der Waals surface area contributed by atoms with Gasteiger partial charge < -0.3 is 20.1 Å². The Labute approximate surface area is 167 Å². The van der Waals surface area contributed by atoms with E-state index in [9.17, 15) is 4.79 Å². The van der Waals surface area contributed by atoms with E-state index in [2.05, 4.69) is 38.7 Å². The van der Waals surface area contributed by atoms with Crippen LogP contribution in [0.25, 0.3) is 0 Å². The predicted molar refractivity (Wildman–Crippen MR) is 107 cm³/mol. The monoisotopic (exact) mass is 430 g/mol. The molecule has 1 atom stereocenters. The Kier molecular flexibility index (Phi) is 5.00. The molecule has 0 spiro atoms. The molecular weight excluding hydrogens is 408 g/mol. The van der Waals surface area contributed by atoms with Crippen LogP contribution in [0.1, 0.15) is 43.4 Å². The molecule has 0 aromatic heterocycles. The van der Waals surface area contributed by atoms with Gasteiger partial charge in [-0.2, -0.15) is 0 Å². The second kappa shape index (κ2) is 7.43. The maximum atomic E-state index is 12.7. The lowest BCUT2D eigenvalue weighted by Gasteiger charge is -2.43. The zero-order chi connectivity index (χ0) is 18.9. The van der Waals surface area contributed by atoms with E-state index in [1.54, 1.807) is 0 Å². The molecule has 1 heterocycles. The van der Waals surface area contributed by atoms with Crippen molar-refractivity contribution in [3.63, 3.8) is 0 Å². The summed E-state index contributed by atoms with van der Waals surface area (Å²) >= 11 is 3.47. The van der Waals surface area contributed by atoms with Crippen LogP contribution < -0.4 is 20.1 Å². The molecule has 4 rings (SSSR count). The largest absolute Gasteiger partial charge is 0.486 e. The summed E-state index contributed by atoms with van der Waals surface area (Å²) in [5, 5.41) is 6.26. The van der Waals surface area contributed by atoms with Crippen molar-refractivity contribution in [2.75, 3.05) is 13.2 Å². The fourth-order valence-electron chi connectivity index (χ4n) is 3.65. The van der Waals surface area contributed by atoms with Crippen LogP contribution in [-0.4, -0.2) is 19.2 Å². The standard InChI is InChI=1S/C21H23BrN2O3/c1-14(15-3-8-18-19(13-15)27-12-11-26-18)23-20(25)24-21(9-2-10-21)16-4-6-17(22)7-5-16/h3-8,13-14H,2,9-12H2,1H3,(H2,23,24,25)/t14-/m1/s1. The van der Waals surface area contributed by atoms with Gasteiger partial charge in [0.25, 0.3) is 0 Å². The third-order valence-electron chi connectivity index (χ3n) is 5.37. The second-order valence-electron chi connectivity index (χ2n) is 7.17. The highest BCUT2D eigenvalue weighted by molar-refractivity contribution is 9.10. The summed E-state index contributed by atoms with van der Waals surface area (Å²) in [6.45, 7) is 3.09. The molecule has 1 fully saturated rings. The second-order valence-corrected chi connectivity index (χ2v) is 8.08. The van der Waals surface area contributed by atoms with Crippen LogP contribution in [0, 0.1) is 0 Å². The molecule has 1 saturated carbocycles. The number of carbonyl (C=O) groups is 1. The summed E-state index contributed by atoms with van der Waals surface area (Å²) < 4.78 is 12.2. The number of rotatable bonds is 4. The van der Waals surface area contributed by atoms with Crippen LogP contribution >= 0.6 is 15.9 Å².